The van der Waals surface area contributed by atoms with E-state index in [0.29, 0.717) is 12.4 Å². The van der Waals surface area contributed by atoms with Crippen LogP contribution in [0.25, 0.3) is 0 Å². The van der Waals surface area contributed by atoms with Crippen LogP contribution in [0.5, 0.6) is 5.75 Å². The Morgan fingerprint density at radius 1 is 1.14 bits per heavy atom. The Hall–Kier alpha value is -1.86. The van der Waals surface area contributed by atoms with Gasteiger partial charge in [-0.25, -0.2) is 0 Å². The van der Waals surface area contributed by atoms with E-state index in [9.17, 15) is 0 Å². The van der Waals surface area contributed by atoms with Crippen LogP contribution in [0.15, 0.2) is 61.6 Å². The maximum Gasteiger partial charge on any atom is 0.211 e. The molecule has 114 valence electrons. The highest BCUT2D eigenvalue weighted by molar-refractivity contribution is 9.11. The van der Waals surface area contributed by atoms with Crippen molar-refractivity contribution in [2.45, 2.75) is 6.61 Å². The predicted molar refractivity (Wildman–Crippen MR) is 96.0 cm³/mol. The van der Waals surface area contributed by atoms with Gasteiger partial charge in [-0.3, -0.25) is 0 Å². The van der Waals surface area contributed by atoms with Gasteiger partial charge in [0.15, 0.2) is 0 Å². The number of nitrogens with zero attached hydrogens (tertiary/aromatic N) is 2. The van der Waals surface area contributed by atoms with Gasteiger partial charge in [0.05, 0.1) is 10.7 Å². The van der Waals surface area contributed by atoms with E-state index in [4.69, 9.17) is 16.2 Å². The predicted octanol–water partition coefficient (Wildman–Crippen LogP) is 3.40. The van der Waals surface area contributed by atoms with Crippen molar-refractivity contribution in [2.75, 3.05) is 0 Å². The van der Waals surface area contributed by atoms with Crippen LogP contribution in [0.4, 0.5) is 0 Å². The molecule has 0 aliphatic heterocycles. The van der Waals surface area contributed by atoms with Crippen LogP contribution in [0.2, 0.25) is 0 Å². The standard InChI is InChI=1S/C15H14Br2N4O/c16-12-6-11(8-20-21-15(18)19)14(13(17)7-12)22-9-10-4-2-1-3-5-10/h1-8H,9H2,(H4,18,19,21)/b20-8-. The number of rotatable bonds is 5. The van der Waals surface area contributed by atoms with Gasteiger partial charge in [-0.2, -0.15) is 5.10 Å². The number of hydrogen-bond acceptors (Lipinski definition) is 3. The van der Waals surface area contributed by atoms with Crippen molar-refractivity contribution in [3.8, 4) is 5.75 Å². The molecular formula is C15H14Br2N4O. The van der Waals surface area contributed by atoms with E-state index < -0.39 is 0 Å². The fraction of sp³-hybridized carbons (Fsp3) is 0.0667. The Balaban J connectivity index is 2.25. The lowest BCUT2D eigenvalue weighted by atomic mass is 10.2. The van der Waals surface area contributed by atoms with Crippen LogP contribution >= 0.6 is 31.9 Å². The summed E-state index contributed by atoms with van der Waals surface area (Å²) >= 11 is 6.92. The van der Waals surface area contributed by atoms with Gasteiger partial charge in [-0.1, -0.05) is 46.3 Å². The maximum absolute atomic E-state index is 5.90. The molecule has 0 amide bonds. The van der Waals surface area contributed by atoms with Crippen molar-refractivity contribution < 1.29 is 4.74 Å². The van der Waals surface area contributed by atoms with Gasteiger partial charge in [0, 0.05) is 10.0 Å². The summed E-state index contributed by atoms with van der Waals surface area (Å²) in [6.45, 7) is 0.449. The van der Waals surface area contributed by atoms with Gasteiger partial charge >= 0.3 is 0 Å². The first kappa shape index (κ1) is 16.5. The Morgan fingerprint density at radius 2 is 1.86 bits per heavy atom. The average molecular weight is 426 g/mol. The van der Waals surface area contributed by atoms with Gasteiger partial charge in [0.25, 0.3) is 0 Å². The molecule has 0 radical (unpaired) electrons. The van der Waals surface area contributed by atoms with Gasteiger partial charge in [-0.05, 0) is 33.6 Å². The minimum atomic E-state index is -0.0999. The Bertz CT molecular complexity index is 698. The van der Waals surface area contributed by atoms with Crippen LogP contribution in [0.3, 0.4) is 0 Å². The normalized spacial score (nSPS) is 10.6. The SMILES string of the molecule is NC(N)=N/N=C\c1cc(Br)cc(Br)c1OCc1ccccc1. The third kappa shape index (κ3) is 4.85. The molecule has 2 aromatic rings. The zero-order chi connectivity index (χ0) is 15.9. The van der Waals surface area contributed by atoms with Gasteiger partial charge in [0.1, 0.15) is 12.4 Å². The lowest BCUT2D eigenvalue weighted by Crippen LogP contribution is -2.21. The number of halogens is 2. The zero-order valence-corrected chi connectivity index (χ0v) is 14.7. The second-order valence-electron chi connectivity index (χ2n) is 4.35. The summed E-state index contributed by atoms with van der Waals surface area (Å²) in [7, 11) is 0. The minimum Gasteiger partial charge on any atom is -0.487 e. The Labute approximate surface area is 145 Å². The van der Waals surface area contributed by atoms with Gasteiger partial charge in [-0.15, -0.1) is 5.10 Å². The Morgan fingerprint density at radius 3 is 2.55 bits per heavy atom. The molecule has 0 heterocycles. The average Bonchev–Trinajstić information content (AvgIpc) is 2.47. The third-order valence-electron chi connectivity index (χ3n) is 2.63. The second-order valence-corrected chi connectivity index (χ2v) is 6.12. The number of guanidine groups is 1. The highest BCUT2D eigenvalue weighted by Crippen LogP contribution is 2.32. The lowest BCUT2D eigenvalue weighted by molar-refractivity contribution is 0.304. The molecule has 2 aromatic carbocycles. The van der Waals surface area contributed by atoms with Gasteiger partial charge in [0.2, 0.25) is 5.96 Å². The lowest BCUT2D eigenvalue weighted by Gasteiger charge is -2.11. The van der Waals surface area contributed by atoms with Crippen LogP contribution in [0, 0.1) is 0 Å². The summed E-state index contributed by atoms with van der Waals surface area (Å²) in [5.74, 6) is 0.568. The molecule has 0 unspecified atom stereocenters. The first-order valence-electron chi connectivity index (χ1n) is 6.34. The molecule has 0 saturated heterocycles. The highest BCUT2D eigenvalue weighted by Gasteiger charge is 2.09. The van der Waals surface area contributed by atoms with E-state index in [1.165, 1.54) is 6.21 Å². The summed E-state index contributed by atoms with van der Waals surface area (Å²) in [6.07, 6.45) is 1.54. The molecule has 5 nitrogen and oxygen atoms in total. The molecular weight excluding hydrogens is 412 g/mol. The van der Waals surface area contributed by atoms with Crippen molar-refractivity contribution in [1.82, 2.24) is 0 Å². The molecule has 0 saturated carbocycles. The van der Waals surface area contributed by atoms with Crippen LogP contribution in [0.1, 0.15) is 11.1 Å². The zero-order valence-electron chi connectivity index (χ0n) is 11.5. The summed E-state index contributed by atoms with van der Waals surface area (Å²) in [5, 5.41) is 7.42. The molecule has 0 aliphatic rings. The van der Waals surface area contributed by atoms with Crippen molar-refractivity contribution in [2.24, 2.45) is 21.7 Å². The molecule has 22 heavy (non-hydrogen) atoms. The topological polar surface area (TPSA) is 86.0 Å². The van der Waals surface area contributed by atoms with E-state index in [2.05, 4.69) is 42.1 Å². The number of nitrogens with two attached hydrogens (primary N) is 2. The number of ether oxygens (including phenoxy) is 1. The summed E-state index contributed by atoms with van der Waals surface area (Å²) < 4.78 is 7.59. The van der Waals surface area contributed by atoms with E-state index >= 15 is 0 Å². The molecule has 0 bridgehead atoms. The molecule has 7 heteroatoms. The first-order valence-corrected chi connectivity index (χ1v) is 7.92. The molecule has 0 aromatic heterocycles. The molecule has 0 spiro atoms. The summed E-state index contributed by atoms with van der Waals surface area (Å²) in [5.41, 5.74) is 12.3. The quantitative estimate of drug-likeness (QED) is 0.437. The molecule has 4 N–H and O–H groups in total. The van der Waals surface area contributed by atoms with Crippen LogP contribution < -0.4 is 16.2 Å². The third-order valence-corrected chi connectivity index (χ3v) is 3.68. The highest BCUT2D eigenvalue weighted by atomic mass is 79.9. The van der Waals surface area contributed by atoms with E-state index in [1.54, 1.807) is 0 Å². The first-order chi connectivity index (χ1) is 10.6. The largest absolute Gasteiger partial charge is 0.487 e. The molecule has 0 fully saturated rings. The summed E-state index contributed by atoms with van der Waals surface area (Å²) in [4.78, 5) is 0. The van der Waals surface area contributed by atoms with E-state index in [0.717, 1.165) is 20.1 Å². The number of benzene rings is 2. The van der Waals surface area contributed by atoms with E-state index in [-0.39, 0.29) is 5.96 Å². The second kappa shape index (κ2) is 7.95. The van der Waals surface area contributed by atoms with Crippen molar-refractivity contribution >= 4 is 44.0 Å². The van der Waals surface area contributed by atoms with E-state index in [1.807, 2.05) is 42.5 Å². The van der Waals surface area contributed by atoms with Crippen molar-refractivity contribution in [1.29, 1.82) is 0 Å². The van der Waals surface area contributed by atoms with Gasteiger partial charge < -0.3 is 16.2 Å². The van der Waals surface area contributed by atoms with Crippen LogP contribution in [-0.4, -0.2) is 12.2 Å². The minimum absolute atomic E-state index is 0.0999. The van der Waals surface area contributed by atoms with Crippen molar-refractivity contribution in [3.05, 3.63) is 62.5 Å². The molecule has 0 atom stereocenters. The number of hydrogen-bond donors (Lipinski definition) is 2. The Kier molecular flexibility index (Phi) is 5.97. The van der Waals surface area contributed by atoms with Crippen molar-refractivity contribution in [3.63, 3.8) is 0 Å². The smallest absolute Gasteiger partial charge is 0.211 e. The fourth-order valence-electron chi connectivity index (χ4n) is 1.72. The fourth-order valence-corrected chi connectivity index (χ4v) is 3.09. The molecule has 0 aliphatic carbocycles. The van der Waals surface area contributed by atoms with Crippen LogP contribution in [-0.2, 0) is 6.61 Å². The monoisotopic (exact) mass is 424 g/mol. The maximum atomic E-state index is 5.90. The molecule has 2 rings (SSSR count). The summed E-state index contributed by atoms with van der Waals surface area (Å²) in [6, 6.07) is 13.7.